The maximum absolute atomic E-state index is 12.6. The zero-order valence-corrected chi connectivity index (χ0v) is 15.8. The van der Waals surface area contributed by atoms with Gasteiger partial charge in [0.1, 0.15) is 5.04 Å². The molecule has 1 atom stereocenters. The quantitative estimate of drug-likeness (QED) is 0.705. The van der Waals surface area contributed by atoms with E-state index in [4.69, 9.17) is 13.3 Å². The number of hydrogen-bond acceptors (Lipinski definition) is 4. The molecule has 0 aromatic rings. The van der Waals surface area contributed by atoms with Crippen molar-refractivity contribution in [1.82, 2.24) is 0 Å². The van der Waals surface area contributed by atoms with Gasteiger partial charge < -0.3 is 13.3 Å². The van der Waals surface area contributed by atoms with Crippen molar-refractivity contribution in [2.75, 3.05) is 14.2 Å². The van der Waals surface area contributed by atoms with Crippen LogP contribution in [0.25, 0.3) is 0 Å². The van der Waals surface area contributed by atoms with Crippen LogP contribution < -0.4 is 0 Å². The topological polar surface area (TPSA) is 44.8 Å². The minimum absolute atomic E-state index is 0.00432. The Morgan fingerprint density at radius 1 is 1.11 bits per heavy atom. The van der Waals surface area contributed by atoms with Gasteiger partial charge in [0.25, 0.3) is 14.3 Å². The van der Waals surface area contributed by atoms with Gasteiger partial charge in [-0.15, -0.1) is 0 Å². The first-order valence-electron chi connectivity index (χ1n) is 6.65. The Morgan fingerprint density at radius 2 is 1.53 bits per heavy atom. The lowest BCUT2D eigenvalue weighted by Gasteiger charge is -2.39. The molecular weight excluding hydrogens is 276 g/mol. The number of hydrogen-bond donors (Lipinski definition) is 0. The molecule has 0 bridgehead atoms. The van der Waals surface area contributed by atoms with Crippen LogP contribution in [0.1, 0.15) is 41.0 Å². The van der Waals surface area contributed by atoms with E-state index in [-0.39, 0.29) is 11.0 Å². The smallest absolute Gasteiger partial charge is 0.402 e. The molecule has 113 valence electrons. The highest BCUT2D eigenvalue weighted by molar-refractivity contribution is 6.76. The molecule has 1 unspecified atom stereocenters. The van der Waals surface area contributed by atoms with Crippen molar-refractivity contribution in [3.63, 3.8) is 0 Å². The first kappa shape index (κ1) is 18.8. The summed E-state index contributed by atoms with van der Waals surface area (Å²) in [6.45, 7) is 14.4. The van der Waals surface area contributed by atoms with E-state index in [9.17, 15) is 4.79 Å². The molecule has 0 amide bonds. The minimum Gasteiger partial charge on any atom is -0.519 e. The van der Waals surface area contributed by atoms with Crippen LogP contribution in [0.15, 0.2) is 0 Å². The van der Waals surface area contributed by atoms with Crippen molar-refractivity contribution in [3.8, 4) is 0 Å². The number of carbonyl (C=O) groups is 1. The monoisotopic (exact) mass is 305 g/mol. The van der Waals surface area contributed by atoms with Gasteiger partial charge >= 0.3 is 9.28 Å². The molecule has 19 heavy (non-hydrogen) atoms. The van der Waals surface area contributed by atoms with Crippen LogP contribution in [0.2, 0.25) is 23.2 Å². The van der Waals surface area contributed by atoms with Crippen molar-refractivity contribution >= 4 is 23.6 Å². The van der Waals surface area contributed by atoms with Gasteiger partial charge in [-0.25, -0.2) is 0 Å². The lowest BCUT2D eigenvalue weighted by atomic mass is 10.1. The molecule has 0 saturated heterocycles. The third-order valence-corrected chi connectivity index (χ3v) is 10.6. The Bertz CT molecular complexity index is 308. The first-order valence-corrected chi connectivity index (χ1v) is 10.9. The Morgan fingerprint density at radius 3 is 1.79 bits per heavy atom. The number of carbonyl (C=O) groups excluding carboxylic acids is 1. The lowest BCUT2D eigenvalue weighted by Crippen LogP contribution is -2.49. The maximum atomic E-state index is 12.6. The molecule has 0 heterocycles. The van der Waals surface area contributed by atoms with E-state index >= 15 is 0 Å². The summed E-state index contributed by atoms with van der Waals surface area (Å²) in [5, 5.41) is -0.673. The molecule has 0 aromatic heterocycles. The van der Waals surface area contributed by atoms with Crippen LogP contribution in [-0.2, 0) is 18.1 Å². The van der Waals surface area contributed by atoms with Crippen molar-refractivity contribution in [1.29, 1.82) is 0 Å². The predicted octanol–water partition coefficient (Wildman–Crippen LogP) is 3.49. The largest absolute Gasteiger partial charge is 0.519 e. The highest BCUT2D eigenvalue weighted by atomic mass is 28.4. The summed E-state index contributed by atoms with van der Waals surface area (Å²) in [7, 11) is -0.612. The molecular formula is C13H29O4Si2. The minimum atomic E-state index is -2.11. The normalized spacial score (nSPS) is 16.3. The molecule has 0 aliphatic rings. The van der Waals surface area contributed by atoms with Crippen molar-refractivity contribution in [2.45, 2.75) is 64.2 Å². The fourth-order valence-corrected chi connectivity index (χ4v) is 4.07. The van der Waals surface area contributed by atoms with Gasteiger partial charge in [0.05, 0.1) is 0 Å². The predicted molar refractivity (Wildman–Crippen MR) is 81.7 cm³/mol. The molecule has 0 rings (SSSR count). The van der Waals surface area contributed by atoms with Crippen LogP contribution >= 0.6 is 0 Å². The van der Waals surface area contributed by atoms with E-state index in [1.54, 1.807) is 14.2 Å². The fraction of sp³-hybridized carbons (Fsp3) is 0.923. The van der Waals surface area contributed by atoms with Gasteiger partial charge in [-0.2, -0.15) is 0 Å². The van der Waals surface area contributed by atoms with Gasteiger partial charge in [0.2, 0.25) is 0 Å². The summed E-state index contributed by atoms with van der Waals surface area (Å²) in [5.41, 5.74) is 0. The second-order valence-electron chi connectivity index (χ2n) is 6.53. The summed E-state index contributed by atoms with van der Waals surface area (Å²) >= 11 is 0. The molecule has 0 spiro atoms. The van der Waals surface area contributed by atoms with Gasteiger partial charge in [-0.05, 0) is 31.5 Å². The van der Waals surface area contributed by atoms with Gasteiger partial charge in [0, 0.05) is 14.2 Å². The Labute approximate surface area is 120 Å². The zero-order valence-electron chi connectivity index (χ0n) is 13.8. The molecule has 0 N–H and O–H groups in total. The summed E-state index contributed by atoms with van der Waals surface area (Å²) in [4.78, 5) is 12.6. The Kier molecular flexibility index (Phi) is 6.46. The Hall–Kier alpha value is -0.176. The Balaban J connectivity index is 5.17. The summed E-state index contributed by atoms with van der Waals surface area (Å²) in [6, 6.07) is 0. The first-order chi connectivity index (χ1) is 8.46. The summed E-state index contributed by atoms with van der Waals surface area (Å²) < 4.78 is 16.7. The maximum Gasteiger partial charge on any atom is 0.402 e. The van der Waals surface area contributed by atoms with E-state index in [1.165, 1.54) is 0 Å². The molecule has 0 aliphatic carbocycles. The van der Waals surface area contributed by atoms with Crippen molar-refractivity contribution in [3.05, 3.63) is 0 Å². The molecule has 0 aliphatic heterocycles. The average Bonchev–Trinajstić information content (AvgIpc) is 2.27. The average molecular weight is 306 g/mol. The van der Waals surface area contributed by atoms with Crippen molar-refractivity contribution in [2.24, 2.45) is 0 Å². The van der Waals surface area contributed by atoms with E-state index in [2.05, 4.69) is 33.9 Å². The molecule has 0 saturated carbocycles. The summed E-state index contributed by atoms with van der Waals surface area (Å²) in [6.07, 6.45) is 0.649. The van der Waals surface area contributed by atoms with Crippen LogP contribution in [0, 0.1) is 0 Å². The lowest BCUT2D eigenvalue weighted by molar-refractivity contribution is -0.139. The molecule has 4 nitrogen and oxygen atoms in total. The van der Waals surface area contributed by atoms with E-state index in [0.29, 0.717) is 6.42 Å². The van der Waals surface area contributed by atoms with Gasteiger partial charge in [-0.3, -0.25) is 4.79 Å². The molecule has 0 fully saturated rings. The fourth-order valence-electron chi connectivity index (χ4n) is 1.40. The van der Waals surface area contributed by atoms with E-state index in [1.807, 2.05) is 13.8 Å². The SMILES string of the molecule is CCC(C)(C(=O)O[Si](C)(C)C(C)(C)C)[Si](OC)OC. The number of rotatable bonds is 6. The van der Waals surface area contributed by atoms with E-state index < -0.39 is 22.6 Å². The molecule has 1 radical (unpaired) electrons. The second kappa shape index (κ2) is 6.52. The van der Waals surface area contributed by atoms with Crippen molar-refractivity contribution < 1.29 is 18.1 Å². The highest BCUT2D eigenvalue weighted by Crippen LogP contribution is 2.41. The summed E-state index contributed by atoms with van der Waals surface area (Å²) in [5.74, 6) is -0.181. The van der Waals surface area contributed by atoms with Crippen LogP contribution in [0.3, 0.4) is 0 Å². The molecule has 0 aromatic carbocycles. The zero-order chi connectivity index (χ0) is 15.5. The standard InChI is InChI=1S/C13H29O4Si2/c1-10-13(5,18(15-6)16-7)11(14)17-19(8,9)12(2,3)4/h10H2,1-9H3. The van der Waals surface area contributed by atoms with Crippen LogP contribution in [0.5, 0.6) is 0 Å². The highest BCUT2D eigenvalue weighted by Gasteiger charge is 2.50. The van der Waals surface area contributed by atoms with Gasteiger partial charge in [0.15, 0.2) is 0 Å². The third-order valence-electron chi connectivity index (χ3n) is 4.13. The van der Waals surface area contributed by atoms with Gasteiger partial charge in [-0.1, -0.05) is 27.7 Å². The second-order valence-corrected chi connectivity index (χ2v) is 13.8. The third kappa shape index (κ3) is 4.14. The van der Waals surface area contributed by atoms with E-state index in [0.717, 1.165) is 0 Å². The molecule has 6 heteroatoms. The van der Waals surface area contributed by atoms with Crippen LogP contribution in [-0.4, -0.2) is 37.8 Å². The van der Waals surface area contributed by atoms with Crippen LogP contribution in [0.4, 0.5) is 0 Å².